The molecule has 0 amide bonds. The van der Waals surface area contributed by atoms with Crippen LogP contribution in [0.3, 0.4) is 0 Å². The van der Waals surface area contributed by atoms with Crippen LogP contribution in [-0.4, -0.2) is 36.8 Å². The molecule has 1 heterocycles. The van der Waals surface area contributed by atoms with Crippen LogP contribution in [0.15, 0.2) is 24.8 Å². The quantitative estimate of drug-likeness (QED) is 0.805. The van der Waals surface area contributed by atoms with Crippen molar-refractivity contribution in [3.63, 3.8) is 0 Å². The Balaban J connectivity index is 1.67. The summed E-state index contributed by atoms with van der Waals surface area (Å²) in [5.41, 5.74) is 2.84. The minimum absolute atomic E-state index is 0.00505. The van der Waals surface area contributed by atoms with Crippen LogP contribution in [-0.2, 0) is 11.8 Å². The molecular weight excluding hydrogens is 298 g/mol. The Kier molecular flexibility index (Phi) is 3.68. The highest BCUT2D eigenvalue weighted by Crippen LogP contribution is 2.56. The van der Waals surface area contributed by atoms with E-state index in [1.165, 1.54) is 30.5 Å². The SMILES string of the molecule is C=CCC1(CN(C)CC2CC2)Cc2ccc(O)c3c2C(C)(CO3)C1. The molecule has 1 aromatic carbocycles. The van der Waals surface area contributed by atoms with Gasteiger partial charge in [-0.2, -0.15) is 0 Å². The minimum Gasteiger partial charge on any atom is -0.504 e. The molecule has 3 aliphatic rings. The molecule has 130 valence electrons. The van der Waals surface area contributed by atoms with Crippen molar-refractivity contribution in [2.75, 3.05) is 26.7 Å². The van der Waals surface area contributed by atoms with Gasteiger partial charge in [0.25, 0.3) is 0 Å². The number of nitrogens with zero attached hydrogens (tertiary/aromatic N) is 1. The van der Waals surface area contributed by atoms with Crippen molar-refractivity contribution in [3.8, 4) is 11.5 Å². The van der Waals surface area contributed by atoms with E-state index in [4.69, 9.17) is 4.74 Å². The van der Waals surface area contributed by atoms with Gasteiger partial charge in [0.2, 0.25) is 0 Å². The van der Waals surface area contributed by atoms with E-state index in [0.717, 1.165) is 37.5 Å². The lowest BCUT2D eigenvalue weighted by atomic mass is 9.59. The first-order valence-corrected chi connectivity index (χ1v) is 9.22. The fourth-order valence-corrected chi connectivity index (χ4v) is 5.31. The molecule has 0 spiro atoms. The first-order chi connectivity index (χ1) is 11.4. The molecule has 3 heteroatoms. The molecule has 1 N–H and O–H groups in total. The number of aromatic hydroxyl groups is 1. The number of hydrogen-bond donors (Lipinski definition) is 1. The average molecular weight is 327 g/mol. The zero-order valence-electron chi connectivity index (χ0n) is 15.0. The van der Waals surface area contributed by atoms with Gasteiger partial charge in [0, 0.05) is 24.1 Å². The van der Waals surface area contributed by atoms with E-state index in [0.29, 0.717) is 12.4 Å². The molecule has 0 saturated heterocycles. The molecule has 2 aliphatic carbocycles. The van der Waals surface area contributed by atoms with Crippen molar-refractivity contribution in [1.82, 2.24) is 4.90 Å². The minimum atomic E-state index is 0.00505. The van der Waals surface area contributed by atoms with Crippen LogP contribution in [0.25, 0.3) is 0 Å². The number of benzene rings is 1. The fraction of sp³-hybridized carbons (Fsp3) is 0.619. The Bertz CT molecular complexity index is 666. The van der Waals surface area contributed by atoms with Crippen LogP contribution in [0.2, 0.25) is 0 Å². The zero-order chi connectivity index (χ0) is 16.9. The molecule has 24 heavy (non-hydrogen) atoms. The summed E-state index contributed by atoms with van der Waals surface area (Å²) in [7, 11) is 2.27. The maximum atomic E-state index is 10.1. The Morgan fingerprint density at radius 3 is 2.92 bits per heavy atom. The van der Waals surface area contributed by atoms with E-state index in [1.54, 1.807) is 6.07 Å². The van der Waals surface area contributed by atoms with Crippen LogP contribution < -0.4 is 4.74 Å². The van der Waals surface area contributed by atoms with Crippen molar-refractivity contribution >= 4 is 0 Å². The largest absolute Gasteiger partial charge is 0.504 e. The van der Waals surface area contributed by atoms with Crippen LogP contribution in [0.1, 0.15) is 43.7 Å². The van der Waals surface area contributed by atoms with E-state index in [9.17, 15) is 5.11 Å². The number of rotatable bonds is 6. The predicted octanol–water partition coefficient (Wildman–Crippen LogP) is 3.89. The second-order valence-corrected chi connectivity index (χ2v) is 8.78. The van der Waals surface area contributed by atoms with E-state index in [-0.39, 0.29) is 10.8 Å². The highest BCUT2D eigenvalue weighted by atomic mass is 16.5. The van der Waals surface area contributed by atoms with Gasteiger partial charge in [-0.05, 0) is 62.1 Å². The van der Waals surface area contributed by atoms with Gasteiger partial charge in [-0.1, -0.05) is 19.1 Å². The van der Waals surface area contributed by atoms with E-state index in [2.05, 4.69) is 37.6 Å². The molecule has 1 aliphatic heterocycles. The van der Waals surface area contributed by atoms with Crippen LogP contribution in [0, 0.1) is 11.3 Å². The van der Waals surface area contributed by atoms with Crippen LogP contribution >= 0.6 is 0 Å². The fourth-order valence-electron chi connectivity index (χ4n) is 5.31. The van der Waals surface area contributed by atoms with Crippen LogP contribution in [0.5, 0.6) is 11.5 Å². The molecule has 0 bridgehead atoms. The third kappa shape index (κ3) is 2.63. The lowest BCUT2D eigenvalue weighted by molar-refractivity contribution is 0.103. The first-order valence-electron chi connectivity index (χ1n) is 9.22. The normalized spacial score (nSPS) is 31.0. The van der Waals surface area contributed by atoms with E-state index < -0.39 is 0 Å². The summed E-state index contributed by atoms with van der Waals surface area (Å²) in [5.74, 6) is 1.94. The van der Waals surface area contributed by atoms with Gasteiger partial charge in [-0.15, -0.1) is 6.58 Å². The molecular formula is C21H29NO2. The van der Waals surface area contributed by atoms with Gasteiger partial charge in [-0.3, -0.25) is 0 Å². The summed E-state index contributed by atoms with van der Waals surface area (Å²) in [6.07, 6.45) is 8.08. The van der Waals surface area contributed by atoms with Crippen molar-refractivity contribution in [1.29, 1.82) is 0 Å². The topological polar surface area (TPSA) is 32.7 Å². The first kappa shape index (κ1) is 16.0. The second-order valence-electron chi connectivity index (χ2n) is 8.78. The molecule has 2 unspecified atom stereocenters. The number of phenolic OH excluding ortho intramolecular Hbond substituents is 1. The van der Waals surface area contributed by atoms with Gasteiger partial charge in [-0.25, -0.2) is 0 Å². The molecule has 4 rings (SSSR count). The molecule has 1 saturated carbocycles. The molecule has 1 aromatic rings. The smallest absolute Gasteiger partial charge is 0.165 e. The zero-order valence-corrected chi connectivity index (χ0v) is 15.0. The van der Waals surface area contributed by atoms with Crippen molar-refractivity contribution in [2.45, 2.75) is 44.4 Å². The monoisotopic (exact) mass is 327 g/mol. The predicted molar refractivity (Wildman–Crippen MR) is 96.7 cm³/mol. The molecule has 3 nitrogen and oxygen atoms in total. The Morgan fingerprint density at radius 1 is 1.42 bits per heavy atom. The Morgan fingerprint density at radius 2 is 2.21 bits per heavy atom. The lowest BCUT2D eigenvalue weighted by Gasteiger charge is -2.46. The van der Waals surface area contributed by atoms with Gasteiger partial charge in [0.1, 0.15) is 0 Å². The Hall–Kier alpha value is -1.48. The second kappa shape index (κ2) is 5.52. The highest BCUT2D eigenvalue weighted by molar-refractivity contribution is 5.57. The maximum Gasteiger partial charge on any atom is 0.165 e. The van der Waals surface area contributed by atoms with Gasteiger partial charge < -0.3 is 14.7 Å². The molecule has 0 radical (unpaired) electrons. The van der Waals surface area contributed by atoms with Crippen molar-refractivity contribution in [2.24, 2.45) is 11.3 Å². The Labute approximate surface area is 145 Å². The molecule has 1 fully saturated rings. The standard InChI is InChI=1S/C21H29NO2/c1-4-9-21(13-22(3)11-15-5-6-15)10-16-7-8-17(23)19-18(16)20(2,12-21)14-24-19/h4,7-8,15,23H,1,5-6,9-14H2,2-3H3. The van der Waals surface area contributed by atoms with E-state index in [1.807, 2.05) is 0 Å². The van der Waals surface area contributed by atoms with Crippen molar-refractivity contribution < 1.29 is 9.84 Å². The van der Waals surface area contributed by atoms with E-state index >= 15 is 0 Å². The van der Waals surface area contributed by atoms with Crippen LogP contribution in [0.4, 0.5) is 0 Å². The lowest BCUT2D eigenvalue weighted by Crippen LogP contribution is -2.46. The number of allylic oxidation sites excluding steroid dienone is 1. The summed E-state index contributed by atoms with van der Waals surface area (Å²) in [6, 6.07) is 3.91. The maximum absolute atomic E-state index is 10.1. The highest BCUT2D eigenvalue weighted by Gasteiger charge is 2.50. The van der Waals surface area contributed by atoms with Gasteiger partial charge in [0.15, 0.2) is 11.5 Å². The summed E-state index contributed by atoms with van der Waals surface area (Å²) >= 11 is 0. The number of hydrogen-bond acceptors (Lipinski definition) is 3. The van der Waals surface area contributed by atoms with Gasteiger partial charge in [0.05, 0.1) is 6.61 Å². The van der Waals surface area contributed by atoms with Crippen molar-refractivity contribution in [3.05, 3.63) is 35.9 Å². The molecule has 2 atom stereocenters. The summed E-state index contributed by atoms with van der Waals surface area (Å²) < 4.78 is 5.92. The number of ether oxygens (including phenoxy) is 1. The summed E-state index contributed by atoms with van der Waals surface area (Å²) in [4.78, 5) is 2.53. The number of phenols is 1. The average Bonchev–Trinajstić information content (AvgIpc) is 3.23. The molecule has 0 aromatic heterocycles. The summed E-state index contributed by atoms with van der Waals surface area (Å²) in [6.45, 7) is 9.37. The van der Waals surface area contributed by atoms with Gasteiger partial charge >= 0.3 is 0 Å². The third-order valence-electron chi connectivity index (χ3n) is 6.14. The third-order valence-corrected chi connectivity index (χ3v) is 6.14. The summed E-state index contributed by atoms with van der Waals surface area (Å²) in [5, 5.41) is 10.1.